The summed E-state index contributed by atoms with van der Waals surface area (Å²) in [4.78, 5) is 18.0. The van der Waals surface area contributed by atoms with Gasteiger partial charge in [0.1, 0.15) is 11.6 Å². The summed E-state index contributed by atoms with van der Waals surface area (Å²) in [5.74, 6) is 0.835. The number of aromatic nitrogens is 1. The monoisotopic (exact) mass is 257 g/mol. The Hall–Kier alpha value is -2.56. The van der Waals surface area contributed by atoms with Gasteiger partial charge >= 0.3 is 0 Å². The van der Waals surface area contributed by atoms with Crippen LogP contribution in [0.4, 0.5) is 11.5 Å². The van der Waals surface area contributed by atoms with Gasteiger partial charge in [-0.05, 0) is 30.3 Å². The standard InChI is InChI=1S/C14H15N3O2/c1-17(13-5-3-4-8-16-13)14(18)11-9-10(15)6-7-12(11)19-2/h3-9H,15H2,1-2H3. The van der Waals surface area contributed by atoms with Gasteiger partial charge in [-0.15, -0.1) is 0 Å². The number of ether oxygens (including phenoxy) is 1. The maximum absolute atomic E-state index is 12.4. The third-order valence-corrected chi connectivity index (χ3v) is 2.75. The van der Waals surface area contributed by atoms with E-state index in [4.69, 9.17) is 10.5 Å². The molecule has 2 rings (SSSR count). The molecular formula is C14H15N3O2. The maximum Gasteiger partial charge on any atom is 0.263 e. The Morgan fingerprint density at radius 3 is 2.74 bits per heavy atom. The van der Waals surface area contributed by atoms with Crippen molar-refractivity contribution in [1.29, 1.82) is 0 Å². The van der Waals surface area contributed by atoms with Crippen molar-refractivity contribution in [2.24, 2.45) is 0 Å². The lowest BCUT2D eigenvalue weighted by Crippen LogP contribution is -2.27. The average molecular weight is 257 g/mol. The van der Waals surface area contributed by atoms with Crippen molar-refractivity contribution < 1.29 is 9.53 Å². The van der Waals surface area contributed by atoms with Crippen LogP contribution in [0.5, 0.6) is 5.75 Å². The molecule has 0 radical (unpaired) electrons. The normalized spacial score (nSPS) is 10.0. The van der Waals surface area contributed by atoms with E-state index in [1.807, 2.05) is 6.07 Å². The van der Waals surface area contributed by atoms with Crippen LogP contribution in [0.25, 0.3) is 0 Å². The molecule has 0 fully saturated rings. The summed E-state index contributed by atoms with van der Waals surface area (Å²) in [6.07, 6.45) is 1.63. The summed E-state index contributed by atoms with van der Waals surface area (Å²) in [7, 11) is 3.18. The molecule has 0 aliphatic rings. The van der Waals surface area contributed by atoms with Crippen LogP contribution in [0.2, 0.25) is 0 Å². The number of carbonyl (C=O) groups excluding carboxylic acids is 1. The summed E-state index contributed by atoms with van der Waals surface area (Å²) in [5.41, 5.74) is 6.64. The molecule has 19 heavy (non-hydrogen) atoms. The number of nitrogens with two attached hydrogens (primary N) is 1. The molecule has 2 N–H and O–H groups in total. The first-order chi connectivity index (χ1) is 9.13. The topological polar surface area (TPSA) is 68.5 Å². The van der Waals surface area contributed by atoms with Gasteiger partial charge in [0.05, 0.1) is 12.7 Å². The Morgan fingerprint density at radius 2 is 2.11 bits per heavy atom. The number of rotatable bonds is 3. The van der Waals surface area contributed by atoms with Crippen molar-refractivity contribution in [3.8, 4) is 5.75 Å². The minimum atomic E-state index is -0.220. The lowest BCUT2D eigenvalue weighted by Gasteiger charge is -2.17. The number of amides is 1. The molecular weight excluding hydrogens is 242 g/mol. The summed E-state index contributed by atoms with van der Waals surface area (Å²) >= 11 is 0. The number of methoxy groups -OCH3 is 1. The van der Waals surface area contributed by atoms with Gasteiger partial charge in [-0.25, -0.2) is 4.98 Å². The molecule has 0 saturated carbocycles. The number of nitrogen functional groups attached to an aromatic ring is 1. The highest BCUT2D eigenvalue weighted by Crippen LogP contribution is 2.23. The van der Waals surface area contributed by atoms with E-state index in [9.17, 15) is 4.79 Å². The second-order valence-corrected chi connectivity index (χ2v) is 4.01. The molecule has 0 saturated heterocycles. The first-order valence-corrected chi connectivity index (χ1v) is 5.76. The first kappa shape index (κ1) is 12.9. The fourth-order valence-electron chi connectivity index (χ4n) is 1.73. The van der Waals surface area contributed by atoms with E-state index >= 15 is 0 Å². The number of anilines is 2. The Bertz CT molecular complexity index is 584. The van der Waals surface area contributed by atoms with Crippen LogP contribution in [-0.2, 0) is 0 Å². The van der Waals surface area contributed by atoms with Gasteiger partial charge < -0.3 is 10.5 Å². The van der Waals surface area contributed by atoms with Crippen LogP contribution in [-0.4, -0.2) is 25.0 Å². The quantitative estimate of drug-likeness (QED) is 0.853. The fourth-order valence-corrected chi connectivity index (χ4v) is 1.73. The van der Waals surface area contributed by atoms with Gasteiger partial charge in [0, 0.05) is 18.9 Å². The molecule has 0 aliphatic heterocycles. The molecule has 1 heterocycles. The smallest absolute Gasteiger partial charge is 0.263 e. The Balaban J connectivity index is 2.37. The van der Waals surface area contributed by atoms with E-state index in [-0.39, 0.29) is 5.91 Å². The molecule has 0 atom stereocenters. The number of carbonyl (C=O) groups is 1. The van der Waals surface area contributed by atoms with Crippen molar-refractivity contribution >= 4 is 17.4 Å². The molecule has 2 aromatic rings. The van der Waals surface area contributed by atoms with Crippen molar-refractivity contribution in [3.05, 3.63) is 48.2 Å². The van der Waals surface area contributed by atoms with Gasteiger partial charge in [-0.3, -0.25) is 9.69 Å². The van der Waals surface area contributed by atoms with Crippen molar-refractivity contribution in [2.45, 2.75) is 0 Å². The van der Waals surface area contributed by atoms with E-state index in [1.54, 1.807) is 43.6 Å². The van der Waals surface area contributed by atoms with Crippen LogP contribution < -0.4 is 15.4 Å². The Kier molecular flexibility index (Phi) is 3.66. The molecule has 0 spiro atoms. The van der Waals surface area contributed by atoms with E-state index in [2.05, 4.69) is 4.98 Å². The lowest BCUT2D eigenvalue weighted by molar-refractivity contribution is 0.0989. The van der Waals surface area contributed by atoms with E-state index in [0.29, 0.717) is 22.8 Å². The average Bonchev–Trinajstić information content (AvgIpc) is 2.46. The summed E-state index contributed by atoms with van der Waals surface area (Å²) in [5, 5.41) is 0. The largest absolute Gasteiger partial charge is 0.496 e. The highest BCUT2D eigenvalue weighted by atomic mass is 16.5. The SMILES string of the molecule is COc1ccc(N)cc1C(=O)N(C)c1ccccn1. The minimum absolute atomic E-state index is 0.220. The van der Waals surface area contributed by atoms with Crippen LogP contribution in [0.15, 0.2) is 42.6 Å². The molecule has 0 unspecified atom stereocenters. The molecule has 5 heteroatoms. The van der Waals surface area contributed by atoms with E-state index < -0.39 is 0 Å². The van der Waals surface area contributed by atoms with Gasteiger partial charge in [0.15, 0.2) is 0 Å². The van der Waals surface area contributed by atoms with Crippen LogP contribution in [0, 0.1) is 0 Å². The van der Waals surface area contributed by atoms with E-state index in [1.165, 1.54) is 12.0 Å². The second-order valence-electron chi connectivity index (χ2n) is 4.01. The number of benzene rings is 1. The molecule has 1 amide bonds. The number of nitrogens with zero attached hydrogens (tertiary/aromatic N) is 2. The predicted octanol–water partition coefficient (Wildman–Crippen LogP) is 1.95. The molecule has 0 aliphatic carbocycles. The molecule has 1 aromatic carbocycles. The molecule has 5 nitrogen and oxygen atoms in total. The molecule has 0 bridgehead atoms. The summed E-state index contributed by atoms with van der Waals surface area (Å²) in [6, 6.07) is 10.3. The van der Waals surface area contributed by atoms with E-state index in [0.717, 1.165) is 0 Å². The third-order valence-electron chi connectivity index (χ3n) is 2.75. The van der Waals surface area contributed by atoms with Gasteiger partial charge in [-0.2, -0.15) is 0 Å². The Labute approximate surface area is 111 Å². The molecule has 98 valence electrons. The molecule has 1 aromatic heterocycles. The first-order valence-electron chi connectivity index (χ1n) is 5.76. The number of hydrogen-bond acceptors (Lipinski definition) is 4. The Morgan fingerprint density at radius 1 is 1.32 bits per heavy atom. The van der Waals surface area contributed by atoms with Crippen LogP contribution in [0.1, 0.15) is 10.4 Å². The predicted molar refractivity (Wildman–Crippen MR) is 74.4 cm³/mol. The number of hydrogen-bond donors (Lipinski definition) is 1. The highest BCUT2D eigenvalue weighted by molar-refractivity contribution is 6.07. The fraction of sp³-hybridized carbons (Fsp3) is 0.143. The summed E-state index contributed by atoms with van der Waals surface area (Å²) in [6.45, 7) is 0. The minimum Gasteiger partial charge on any atom is -0.496 e. The second kappa shape index (κ2) is 5.39. The van der Waals surface area contributed by atoms with Gasteiger partial charge in [0.2, 0.25) is 0 Å². The third kappa shape index (κ3) is 2.65. The van der Waals surface area contributed by atoms with Crippen LogP contribution in [0.3, 0.4) is 0 Å². The zero-order valence-corrected chi connectivity index (χ0v) is 10.8. The lowest BCUT2D eigenvalue weighted by atomic mass is 10.1. The number of pyridine rings is 1. The zero-order valence-electron chi connectivity index (χ0n) is 10.8. The summed E-state index contributed by atoms with van der Waals surface area (Å²) < 4.78 is 5.18. The van der Waals surface area contributed by atoms with Gasteiger partial charge in [0.25, 0.3) is 5.91 Å². The zero-order chi connectivity index (χ0) is 13.8. The van der Waals surface area contributed by atoms with Crippen molar-refractivity contribution in [1.82, 2.24) is 4.98 Å². The van der Waals surface area contributed by atoms with Crippen LogP contribution >= 0.6 is 0 Å². The maximum atomic E-state index is 12.4. The highest BCUT2D eigenvalue weighted by Gasteiger charge is 2.18. The van der Waals surface area contributed by atoms with Crippen molar-refractivity contribution in [2.75, 3.05) is 24.8 Å². The van der Waals surface area contributed by atoms with Crippen molar-refractivity contribution in [3.63, 3.8) is 0 Å². The van der Waals surface area contributed by atoms with Gasteiger partial charge in [-0.1, -0.05) is 6.07 Å².